The fourth-order valence-corrected chi connectivity index (χ4v) is 6.13. The molecule has 0 unspecified atom stereocenters. The third-order valence-corrected chi connectivity index (χ3v) is 8.26. The van der Waals surface area contributed by atoms with Crippen molar-refractivity contribution in [1.82, 2.24) is 0 Å². The summed E-state index contributed by atoms with van der Waals surface area (Å²) in [5, 5.41) is 9.88. The molecule has 1 heteroatoms. The van der Waals surface area contributed by atoms with E-state index in [1.54, 1.807) is 0 Å². The Morgan fingerprint density at radius 1 is 0.679 bits per heavy atom. The number of rotatable bonds is 13. The Labute approximate surface area is 177 Å². The van der Waals surface area contributed by atoms with Gasteiger partial charge in [-0.05, 0) is 62.7 Å². The van der Waals surface area contributed by atoms with Crippen molar-refractivity contribution in [3.8, 4) is 6.07 Å². The van der Waals surface area contributed by atoms with E-state index >= 15 is 0 Å². The Bertz CT molecular complexity index is 418. The van der Waals surface area contributed by atoms with E-state index in [2.05, 4.69) is 19.9 Å². The van der Waals surface area contributed by atoms with Gasteiger partial charge in [-0.3, -0.25) is 0 Å². The molecule has 0 aromatic rings. The van der Waals surface area contributed by atoms with Crippen molar-refractivity contribution in [3.05, 3.63) is 0 Å². The highest BCUT2D eigenvalue weighted by Crippen LogP contribution is 2.47. The molecule has 0 spiro atoms. The van der Waals surface area contributed by atoms with E-state index in [4.69, 9.17) is 0 Å². The number of nitrogens with zero attached hydrogens (tertiary/aromatic N) is 1. The summed E-state index contributed by atoms with van der Waals surface area (Å²) in [5.74, 6) is 2.95. The van der Waals surface area contributed by atoms with Crippen LogP contribution < -0.4 is 0 Å². The first-order valence-corrected chi connectivity index (χ1v) is 13.1. The van der Waals surface area contributed by atoms with Crippen LogP contribution in [0.4, 0.5) is 0 Å². The molecule has 0 aliphatic heterocycles. The van der Waals surface area contributed by atoms with Crippen molar-refractivity contribution in [2.24, 2.45) is 23.2 Å². The van der Waals surface area contributed by atoms with Crippen molar-refractivity contribution in [2.75, 3.05) is 0 Å². The molecule has 0 bridgehead atoms. The molecule has 0 radical (unpaired) electrons. The lowest BCUT2D eigenvalue weighted by atomic mass is 9.63. The van der Waals surface area contributed by atoms with Crippen molar-refractivity contribution >= 4 is 0 Å². The summed E-state index contributed by atoms with van der Waals surface area (Å²) in [6.45, 7) is 4.59. The van der Waals surface area contributed by atoms with E-state index in [0.717, 1.165) is 17.8 Å². The number of hydrogen-bond donors (Lipinski definition) is 0. The highest BCUT2D eigenvalue weighted by molar-refractivity contribution is 5.02. The van der Waals surface area contributed by atoms with E-state index < -0.39 is 0 Å². The molecule has 0 saturated heterocycles. The van der Waals surface area contributed by atoms with E-state index in [9.17, 15) is 5.26 Å². The lowest BCUT2D eigenvalue weighted by Crippen LogP contribution is -2.31. The van der Waals surface area contributed by atoms with E-state index in [1.165, 1.54) is 128 Å². The molecule has 0 aromatic heterocycles. The van der Waals surface area contributed by atoms with Gasteiger partial charge in [0.15, 0.2) is 0 Å². The molecule has 28 heavy (non-hydrogen) atoms. The maximum absolute atomic E-state index is 9.88. The highest BCUT2D eigenvalue weighted by Gasteiger charge is 2.38. The first kappa shape index (κ1) is 23.8. The van der Waals surface area contributed by atoms with Gasteiger partial charge in [0.25, 0.3) is 0 Å². The van der Waals surface area contributed by atoms with Crippen molar-refractivity contribution in [1.29, 1.82) is 5.26 Å². The molecule has 2 aliphatic carbocycles. The van der Waals surface area contributed by atoms with E-state index in [-0.39, 0.29) is 5.41 Å². The largest absolute Gasteiger partial charge is 0.198 e. The summed E-state index contributed by atoms with van der Waals surface area (Å²) in [6, 6.07) is 2.78. The predicted octanol–water partition coefficient (Wildman–Crippen LogP) is 9.21. The summed E-state index contributed by atoms with van der Waals surface area (Å²) < 4.78 is 0. The van der Waals surface area contributed by atoms with Gasteiger partial charge in [-0.25, -0.2) is 0 Å². The molecule has 0 heterocycles. The van der Waals surface area contributed by atoms with Crippen molar-refractivity contribution < 1.29 is 0 Å². The average Bonchev–Trinajstić information content (AvgIpc) is 2.75. The predicted molar refractivity (Wildman–Crippen MR) is 122 cm³/mol. The topological polar surface area (TPSA) is 23.8 Å². The first-order chi connectivity index (χ1) is 13.7. The zero-order chi connectivity index (χ0) is 20.1. The Morgan fingerprint density at radius 3 is 1.82 bits per heavy atom. The second kappa shape index (κ2) is 13.7. The zero-order valence-corrected chi connectivity index (χ0v) is 19.3. The molecule has 1 nitrogen and oxygen atoms in total. The van der Waals surface area contributed by atoms with Crippen LogP contribution in [0, 0.1) is 34.5 Å². The van der Waals surface area contributed by atoms with Gasteiger partial charge in [0, 0.05) is 0 Å². The fraction of sp³-hybridized carbons (Fsp3) is 0.963. The Morgan fingerprint density at radius 2 is 1.21 bits per heavy atom. The van der Waals surface area contributed by atoms with Gasteiger partial charge < -0.3 is 0 Å². The molecule has 2 saturated carbocycles. The molecule has 0 amide bonds. The monoisotopic (exact) mass is 387 g/mol. The van der Waals surface area contributed by atoms with Gasteiger partial charge in [0.05, 0.1) is 11.5 Å². The quantitative estimate of drug-likeness (QED) is 0.289. The fourth-order valence-electron chi connectivity index (χ4n) is 6.13. The average molecular weight is 388 g/mol. The van der Waals surface area contributed by atoms with Gasteiger partial charge in [0.1, 0.15) is 0 Å². The lowest BCUT2D eigenvalue weighted by molar-refractivity contribution is 0.114. The minimum Gasteiger partial charge on any atom is -0.198 e. The van der Waals surface area contributed by atoms with Gasteiger partial charge >= 0.3 is 0 Å². The summed E-state index contributed by atoms with van der Waals surface area (Å²) in [7, 11) is 0. The Kier molecular flexibility index (Phi) is 11.6. The molecule has 0 aromatic carbocycles. The molecular formula is C27H49N. The van der Waals surface area contributed by atoms with Crippen LogP contribution in [-0.4, -0.2) is 0 Å². The second-order valence-corrected chi connectivity index (χ2v) is 10.4. The normalized spacial score (nSPS) is 30.8. The summed E-state index contributed by atoms with van der Waals surface area (Å²) in [4.78, 5) is 0. The molecule has 2 aliphatic rings. The van der Waals surface area contributed by atoms with Gasteiger partial charge in [0.2, 0.25) is 0 Å². The van der Waals surface area contributed by atoms with Crippen LogP contribution in [0.3, 0.4) is 0 Å². The van der Waals surface area contributed by atoms with Crippen LogP contribution >= 0.6 is 0 Å². The molecule has 0 atom stereocenters. The lowest BCUT2D eigenvalue weighted by Gasteiger charge is -2.41. The second-order valence-electron chi connectivity index (χ2n) is 10.4. The highest BCUT2D eigenvalue weighted by atomic mass is 14.4. The van der Waals surface area contributed by atoms with Crippen molar-refractivity contribution in [3.63, 3.8) is 0 Å². The van der Waals surface area contributed by atoms with Crippen LogP contribution in [0.1, 0.15) is 142 Å². The van der Waals surface area contributed by atoms with Crippen LogP contribution in [0.25, 0.3) is 0 Å². The van der Waals surface area contributed by atoms with Crippen LogP contribution in [0.2, 0.25) is 0 Å². The molecule has 2 rings (SSSR count). The molecule has 2 fully saturated rings. The van der Waals surface area contributed by atoms with Crippen LogP contribution in [-0.2, 0) is 0 Å². The van der Waals surface area contributed by atoms with Crippen LogP contribution in [0.5, 0.6) is 0 Å². The zero-order valence-electron chi connectivity index (χ0n) is 19.3. The number of unbranched alkanes of at least 4 members (excludes halogenated alkanes) is 8. The minimum absolute atomic E-state index is 0.0394. The third-order valence-electron chi connectivity index (χ3n) is 8.26. The first-order valence-electron chi connectivity index (χ1n) is 13.1. The molecule has 162 valence electrons. The van der Waals surface area contributed by atoms with Gasteiger partial charge in [-0.1, -0.05) is 97.3 Å². The Hall–Kier alpha value is -0.510. The summed E-state index contributed by atoms with van der Waals surface area (Å²) in [6.07, 6.45) is 27.5. The van der Waals surface area contributed by atoms with Crippen LogP contribution in [0.15, 0.2) is 0 Å². The van der Waals surface area contributed by atoms with E-state index in [0.29, 0.717) is 0 Å². The minimum atomic E-state index is 0.0394. The maximum atomic E-state index is 9.88. The van der Waals surface area contributed by atoms with Gasteiger partial charge in [-0.15, -0.1) is 0 Å². The van der Waals surface area contributed by atoms with E-state index in [1.807, 2.05) is 0 Å². The Balaban J connectivity index is 1.62. The molecular weight excluding hydrogens is 338 g/mol. The molecule has 0 N–H and O–H groups in total. The maximum Gasteiger partial charge on any atom is 0.0689 e. The summed E-state index contributed by atoms with van der Waals surface area (Å²) >= 11 is 0. The number of nitriles is 1. The third kappa shape index (κ3) is 8.08. The number of hydrogen-bond acceptors (Lipinski definition) is 1. The SMILES string of the molecule is CCCCCCCC[C@]1(C#N)CC[C@@H](C2CCC(CCCCCC)CC2)CC1. The standard InChI is InChI=1S/C27H49N/c1-3-5-7-9-10-12-20-27(23-28)21-18-26(19-22-27)25-16-14-24(15-17-25)13-11-8-6-4-2/h24-26H,3-22H2,1-2H3/t24?,25?,26-,27+. The van der Waals surface area contributed by atoms with Gasteiger partial charge in [-0.2, -0.15) is 5.26 Å². The smallest absolute Gasteiger partial charge is 0.0689 e. The van der Waals surface area contributed by atoms with Crippen molar-refractivity contribution in [2.45, 2.75) is 142 Å². The summed E-state index contributed by atoms with van der Waals surface area (Å²) in [5.41, 5.74) is 0.0394.